The van der Waals surface area contributed by atoms with Gasteiger partial charge in [0.25, 0.3) is 5.88 Å². The molecular formula is C16H16F3N5O2. The number of rotatable bonds is 3. The zero-order chi connectivity index (χ0) is 19.1. The van der Waals surface area contributed by atoms with Gasteiger partial charge in [-0.2, -0.15) is 0 Å². The Kier molecular flexibility index (Phi) is 4.13. The van der Waals surface area contributed by atoms with E-state index in [9.17, 15) is 13.2 Å². The number of nitrogens with two attached hydrogens (primary N) is 1. The third-order valence-electron chi connectivity index (χ3n) is 3.35. The van der Waals surface area contributed by atoms with E-state index in [2.05, 4.69) is 19.8 Å². The third-order valence-corrected chi connectivity index (χ3v) is 3.35. The van der Waals surface area contributed by atoms with Crippen LogP contribution in [0.25, 0.3) is 11.0 Å². The van der Waals surface area contributed by atoms with Crippen LogP contribution in [0.15, 0.2) is 30.6 Å². The van der Waals surface area contributed by atoms with E-state index < -0.39 is 17.7 Å². The van der Waals surface area contributed by atoms with Crippen LogP contribution in [-0.2, 0) is 5.54 Å². The van der Waals surface area contributed by atoms with E-state index in [1.54, 1.807) is 4.68 Å². The van der Waals surface area contributed by atoms with Crippen molar-refractivity contribution in [2.45, 2.75) is 32.7 Å². The predicted molar refractivity (Wildman–Crippen MR) is 87.9 cm³/mol. The van der Waals surface area contributed by atoms with Gasteiger partial charge in [0.1, 0.15) is 29.0 Å². The van der Waals surface area contributed by atoms with Crippen molar-refractivity contribution >= 4 is 16.9 Å². The second-order valence-corrected chi connectivity index (χ2v) is 6.47. The molecule has 3 rings (SSSR count). The Morgan fingerprint density at radius 1 is 1.08 bits per heavy atom. The summed E-state index contributed by atoms with van der Waals surface area (Å²) in [4.78, 5) is 8.12. The van der Waals surface area contributed by atoms with E-state index in [0.717, 1.165) is 6.07 Å². The largest absolute Gasteiger partial charge is 0.573 e. The molecule has 0 amide bonds. The number of nitrogens with zero attached hydrogens (tertiary/aromatic N) is 4. The summed E-state index contributed by atoms with van der Waals surface area (Å²) in [6.45, 7) is 5.75. The predicted octanol–water partition coefficient (Wildman–Crippen LogP) is 3.85. The number of hydrogen-bond acceptors (Lipinski definition) is 6. The number of anilines is 1. The molecule has 3 aromatic rings. The van der Waals surface area contributed by atoms with Gasteiger partial charge in [-0.3, -0.25) is 0 Å². The van der Waals surface area contributed by atoms with Crippen LogP contribution in [0.3, 0.4) is 0 Å². The highest BCUT2D eigenvalue weighted by atomic mass is 19.4. The molecule has 7 nitrogen and oxygen atoms in total. The van der Waals surface area contributed by atoms with Crippen LogP contribution in [0.2, 0.25) is 0 Å². The van der Waals surface area contributed by atoms with E-state index in [1.807, 2.05) is 20.8 Å². The Morgan fingerprint density at radius 2 is 1.77 bits per heavy atom. The van der Waals surface area contributed by atoms with Gasteiger partial charge in [-0.1, -0.05) is 6.07 Å². The van der Waals surface area contributed by atoms with Gasteiger partial charge in [0.2, 0.25) is 0 Å². The van der Waals surface area contributed by atoms with E-state index in [1.165, 1.54) is 24.5 Å². The summed E-state index contributed by atoms with van der Waals surface area (Å²) in [5.41, 5.74) is 5.95. The van der Waals surface area contributed by atoms with Crippen LogP contribution in [0.5, 0.6) is 17.4 Å². The summed E-state index contributed by atoms with van der Waals surface area (Å²) >= 11 is 0. The molecule has 2 heterocycles. The third kappa shape index (κ3) is 3.63. The fourth-order valence-corrected chi connectivity index (χ4v) is 2.33. The standard InChI is InChI=1S/C16H16F3N5O2/c1-15(2,3)24-13-11(12(20)21-8-22-13)14(23-24)25-9-5-4-6-10(7-9)26-16(17,18)19/h4-8H,1-3H3,(H2,20,21,22). The van der Waals surface area contributed by atoms with Crippen molar-refractivity contribution in [1.29, 1.82) is 0 Å². The van der Waals surface area contributed by atoms with Gasteiger partial charge in [-0.25, -0.2) is 14.6 Å². The van der Waals surface area contributed by atoms with Crippen molar-refractivity contribution in [2.75, 3.05) is 5.73 Å². The Morgan fingerprint density at radius 3 is 2.42 bits per heavy atom. The normalized spacial score (nSPS) is 12.4. The zero-order valence-corrected chi connectivity index (χ0v) is 14.2. The van der Waals surface area contributed by atoms with Crippen molar-refractivity contribution in [3.05, 3.63) is 30.6 Å². The molecular weight excluding hydrogens is 351 g/mol. The summed E-state index contributed by atoms with van der Waals surface area (Å²) in [7, 11) is 0. The van der Waals surface area contributed by atoms with Crippen LogP contribution >= 0.6 is 0 Å². The maximum absolute atomic E-state index is 12.4. The quantitative estimate of drug-likeness (QED) is 0.756. The maximum atomic E-state index is 12.4. The highest BCUT2D eigenvalue weighted by Crippen LogP contribution is 2.35. The lowest BCUT2D eigenvalue weighted by Gasteiger charge is -2.19. The number of benzene rings is 1. The first-order valence-electron chi connectivity index (χ1n) is 7.58. The number of ether oxygens (including phenoxy) is 2. The molecule has 0 radical (unpaired) electrons. The Hall–Kier alpha value is -3.04. The molecule has 2 N–H and O–H groups in total. The van der Waals surface area contributed by atoms with Gasteiger partial charge in [0.15, 0.2) is 5.65 Å². The van der Waals surface area contributed by atoms with Crippen LogP contribution in [0, 0.1) is 0 Å². The number of nitrogen functional groups attached to an aromatic ring is 1. The van der Waals surface area contributed by atoms with E-state index in [-0.39, 0.29) is 17.4 Å². The minimum Gasteiger partial charge on any atom is -0.437 e. The molecule has 0 saturated heterocycles. The summed E-state index contributed by atoms with van der Waals surface area (Å²) in [5, 5.41) is 4.75. The molecule has 0 atom stereocenters. The SMILES string of the molecule is CC(C)(C)n1nc(Oc2cccc(OC(F)(F)F)c2)c2c(N)ncnc21. The molecule has 0 aliphatic rings. The van der Waals surface area contributed by atoms with Crippen molar-refractivity contribution in [1.82, 2.24) is 19.7 Å². The smallest absolute Gasteiger partial charge is 0.437 e. The molecule has 1 aromatic carbocycles. The highest BCUT2D eigenvalue weighted by molar-refractivity contribution is 5.91. The van der Waals surface area contributed by atoms with Crippen molar-refractivity contribution < 1.29 is 22.6 Å². The number of alkyl halides is 3. The first-order chi connectivity index (χ1) is 12.0. The van der Waals surface area contributed by atoms with Crippen molar-refractivity contribution in [3.8, 4) is 17.4 Å². The highest BCUT2D eigenvalue weighted by Gasteiger charge is 2.31. The second kappa shape index (κ2) is 6.04. The van der Waals surface area contributed by atoms with Gasteiger partial charge in [-0.05, 0) is 32.9 Å². The first-order valence-corrected chi connectivity index (χ1v) is 7.58. The second-order valence-electron chi connectivity index (χ2n) is 6.47. The summed E-state index contributed by atoms with van der Waals surface area (Å²) < 4.78 is 48.3. The minimum absolute atomic E-state index is 0.0946. The Bertz CT molecular complexity index is 947. The fourth-order valence-electron chi connectivity index (χ4n) is 2.33. The number of aromatic nitrogens is 4. The molecule has 26 heavy (non-hydrogen) atoms. The summed E-state index contributed by atoms with van der Waals surface area (Å²) in [6, 6.07) is 5.13. The molecule has 0 unspecified atom stereocenters. The van der Waals surface area contributed by atoms with Gasteiger partial charge in [0, 0.05) is 6.07 Å². The van der Waals surface area contributed by atoms with E-state index in [0.29, 0.717) is 11.0 Å². The molecule has 0 fully saturated rings. The molecule has 138 valence electrons. The zero-order valence-electron chi connectivity index (χ0n) is 14.2. The van der Waals surface area contributed by atoms with Gasteiger partial charge < -0.3 is 15.2 Å². The topological polar surface area (TPSA) is 88.1 Å². The number of halogens is 3. The lowest BCUT2D eigenvalue weighted by molar-refractivity contribution is -0.274. The van der Waals surface area contributed by atoms with Crippen LogP contribution in [0.1, 0.15) is 20.8 Å². The Labute approximate surface area is 146 Å². The maximum Gasteiger partial charge on any atom is 0.573 e. The van der Waals surface area contributed by atoms with Gasteiger partial charge in [-0.15, -0.1) is 18.3 Å². The van der Waals surface area contributed by atoms with Crippen molar-refractivity contribution in [2.24, 2.45) is 0 Å². The van der Waals surface area contributed by atoms with E-state index >= 15 is 0 Å². The van der Waals surface area contributed by atoms with Gasteiger partial charge in [0.05, 0.1) is 5.54 Å². The van der Waals surface area contributed by atoms with E-state index in [4.69, 9.17) is 10.5 Å². The van der Waals surface area contributed by atoms with Crippen molar-refractivity contribution in [3.63, 3.8) is 0 Å². The Balaban J connectivity index is 2.03. The average Bonchev–Trinajstić information content (AvgIpc) is 2.86. The monoisotopic (exact) mass is 367 g/mol. The molecule has 2 aromatic heterocycles. The molecule has 0 saturated carbocycles. The molecule has 0 spiro atoms. The summed E-state index contributed by atoms with van der Waals surface area (Å²) in [5.74, 6) is -0.0466. The summed E-state index contributed by atoms with van der Waals surface area (Å²) in [6.07, 6.45) is -3.49. The van der Waals surface area contributed by atoms with Crippen LogP contribution < -0.4 is 15.2 Å². The molecule has 0 bridgehead atoms. The minimum atomic E-state index is -4.79. The molecule has 0 aliphatic heterocycles. The lowest BCUT2D eigenvalue weighted by atomic mass is 10.1. The first kappa shape index (κ1) is 17.8. The lowest BCUT2D eigenvalue weighted by Crippen LogP contribution is -2.23. The molecule has 0 aliphatic carbocycles. The van der Waals surface area contributed by atoms with Gasteiger partial charge >= 0.3 is 6.36 Å². The number of fused-ring (bicyclic) bond motifs is 1. The molecule has 10 heteroatoms. The average molecular weight is 367 g/mol. The fraction of sp³-hybridized carbons (Fsp3) is 0.312. The van der Waals surface area contributed by atoms with Crippen LogP contribution in [0.4, 0.5) is 19.0 Å². The number of hydrogen-bond donors (Lipinski definition) is 1. The van der Waals surface area contributed by atoms with Crippen LogP contribution in [-0.4, -0.2) is 26.1 Å².